The number of nitrogens with one attached hydrogen (secondary N) is 1. The van der Waals surface area contributed by atoms with Crippen molar-refractivity contribution in [3.05, 3.63) is 35.4 Å². The van der Waals surface area contributed by atoms with Crippen LogP contribution in [0.1, 0.15) is 48.5 Å². The first-order valence-corrected chi connectivity index (χ1v) is 8.65. The summed E-state index contributed by atoms with van der Waals surface area (Å²) in [5.41, 5.74) is 1.37. The van der Waals surface area contributed by atoms with Crippen LogP contribution in [0.5, 0.6) is 0 Å². The molecule has 1 N–H and O–H groups in total. The number of hydrogen-bond donors (Lipinski definition) is 1. The summed E-state index contributed by atoms with van der Waals surface area (Å²) in [6, 6.07) is 6.37. The number of nitrogens with zero attached hydrogens (tertiary/aromatic N) is 1. The van der Waals surface area contributed by atoms with Crippen molar-refractivity contribution in [3.63, 3.8) is 0 Å². The van der Waals surface area contributed by atoms with E-state index in [0.717, 1.165) is 31.2 Å². The van der Waals surface area contributed by atoms with E-state index in [1.54, 1.807) is 43.1 Å². The van der Waals surface area contributed by atoms with E-state index in [-0.39, 0.29) is 23.7 Å². The molecule has 136 valence electrons. The lowest BCUT2D eigenvalue weighted by Crippen LogP contribution is -2.46. The molecule has 0 saturated heterocycles. The van der Waals surface area contributed by atoms with Crippen LogP contribution in [0.15, 0.2) is 24.3 Å². The lowest BCUT2D eigenvalue weighted by molar-refractivity contribution is -0.136. The number of methoxy groups -OCH3 is 1. The fourth-order valence-electron chi connectivity index (χ4n) is 3.13. The molecular formula is C19H26N2O4. The van der Waals surface area contributed by atoms with Crippen LogP contribution in [-0.4, -0.2) is 42.9 Å². The number of likely N-dealkylation sites (N-methyl/N-ethyl adjacent to an activating group) is 1. The van der Waals surface area contributed by atoms with Gasteiger partial charge in [-0.1, -0.05) is 25.0 Å². The molecule has 0 bridgehead atoms. The molecule has 0 unspecified atom stereocenters. The van der Waals surface area contributed by atoms with Crippen molar-refractivity contribution < 1.29 is 19.1 Å². The largest absolute Gasteiger partial charge is 0.465 e. The zero-order valence-electron chi connectivity index (χ0n) is 15.1. The number of hydrogen-bond acceptors (Lipinski definition) is 4. The van der Waals surface area contributed by atoms with E-state index in [1.165, 1.54) is 7.11 Å². The van der Waals surface area contributed by atoms with E-state index in [2.05, 4.69) is 10.1 Å². The fraction of sp³-hybridized carbons (Fsp3) is 0.526. The van der Waals surface area contributed by atoms with E-state index in [9.17, 15) is 14.4 Å². The van der Waals surface area contributed by atoms with Gasteiger partial charge >= 0.3 is 5.97 Å². The van der Waals surface area contributed by atoms with E-state index >= 15 is 0 Å². The van der Waals surface area contributed by atoms with Crippen LogP contribution in [0.4, 0.5) is 0 Å². The predicted molar refractivity (Wildman–Crippen MR) is 93.8 cm³/mol. The number of carbonyl (C=O) groups is 3. The number of ether oxygens (including phenoxy) is 1. The third-order valence-corrected chi connectivity index (χ3v) is 4.63. The average molecular weight is 346 g/mol. The molecular weight excluding hydrogens is 320 g/mol. The van der Waals surface area contributed by atoms with Crippen LogP contribution >= 0.6 is 0 Å². The summed E-state index contributed by atoms with van der Waals surface area (Å²) in [6.45, 7) is 2.12. The lowest BCUT2D eigenvalue weighted by Gasteiger charge is -2.23. The average Bonchev–Trinajstić information content (AvgIpc) is 3.15. The van der Waals surface area contributed by atoms with Crippen LogP contribution < -0.4 is 5.32 Å². The quantitative estimate of drug-likeness (QED) is 0.801. The molecule has 6 nitrogen and oxygen atoms in total. The zero-order valence-corrected chi connectivity index (χ0v) is 15.1. The van der Waals surface area contributed by atoms with Gasteiger partial charge in [-0.2, -0.15) is 0 Å². The van der Waals surface area contributed by atoms with E-state index in [0.29, 0.717) is 12.1 Å². The van der Waals surface area contributed by atoms with Crippen LogP contribution in [0.25, 0.3) is 0 Å². The normalized spacial score (nSPS) is 15.5. The van der Waals surface area contributed by atoms with Gasteiger partial charge < -0.3 is 15.0 Å². The van der Waals surface area contributed by atoms with Gasteiger partial charge in [-0.25, -0.2) is 4.79 Å². The molecule has 1 saturated carbocycles. The van der Waals surface area contributed by atoms with Gasteiger partial charge in [0.1, 0.15) is 6.04 Å². The molecule has 25 heavy (non-hydrogen) atoms. The molecule has 1 aromatic carbocycles. The molecule has 0 spiro atoms. The molecule has 1 aliphatic rings. The lowest BCUT2D eigenvalue weighted by atomic mass is 10.1. The Morgan fingerprint density at radius 1 is 1.20 bits per heavy atom. The summed E-state index contributed by atoms with van der Waals surface area (Å²) < 4.78 is 4.66. The Morgan fingerprint density at radius 3 is 2.36 bits per heavy atom. The molecule has 2 rings (SSSR count). The number of rotatable bonds is 6. The SMILES string of the molecule is COC(=O)c1ccc(CN(C)C(=O)[C@@H](C)NC(=O)C2CCCC2)cc1. The van der Waals surface area contributed by atoms with Crippen LogP contribution in [0.3, 0.4) is 0 Å². The van der Waals surface area contributed by atoms with Crippen molar-refractivity contribution in [2.24, 2.45) is 5.92 Å². The number of esters is 1. The minimum atomic E-state index is -0.549. The first kappa shape index (κ1) is 19.0. The van der Waals surface area contributed by atoms with Gasteiger partial charge in [0, 0.05) is 19.5 Å². The first-order chi connectivity index (χ1) is 11.9. The number of amides is 2. The van der Waals surface area contributed by atoms with E-state index in [4.69, 9.17) is 0 Å². The van der Waals surface area contributed by atoms with Gasteiger partial charge in [-0.15, -0.1) is 0 Å². The maximum absolute atomic E-state index is 12.5. The third-order valence-electron chi connectivity index (χ3n) is 4.63. The molecule has 0 radical (unpaired) electrons. The summed E-state index contributed by atoms with van der Waals surface area (Å²) in [6.07, 6.45) is 3.99. The molecule has 1 aliphatic carbocycles. The molecule has 1 atom stereocenters. The Hall–Kier alpha value is -2.37. The summed E-state index contributed by atoms with van der Waals surface area (Å²) in [4.78, 5) is 37.6. The van der Waals surface area contributed by atoms with Crippen LogP contribution in [-0.2, 0) is 20.9 Å². The van der Waals surface area contributed by atoms with Crippen molar-refractivity contribution in [3.8, 4) is 0 Å². The summed E-state index contributed by atoms with van der Waals surface area (Å²) in [5, 5.41) is 2.83. The number of benzene rings is 1. The van der Waals surface area contributed by atoms with Crippen molar-refractivity contribution in [1.29, 1.82) is 0 Å². The molecule has 1 aromatic rings. The van der Waals surface area contributed by atoms with E-state index in [1.807, 2.05) is 0 Å². The Morgan fingerprint density at radius 2 is 1.80 bits per heavy atom. The second-order valence-electron chi connectivity index (χ2n) is 6.59. The molecule has 1 fully saturated rings. The maximum Gasteiger partial charge on any atom is 0.337 e. The molecule has 0 aromatic heterocycles. The smallest absolute Gasteiger partial charge is 0.337 e. The molecule has 6 heteroatoms. The second kappa shape index (κ2) is 8.65. The van der Waals surface area contributed by atoms with E-state index < -0.39 is 6.04 Å². The Balaban J connectivity index is 1.88. The Bertz CT molecular complexity index is 621. The standard InChI is InChI=1S/C19H26N2O4/c1-13(20-17(22)15-6-4-5-7-15)18(23)21(2)12-14-8-10-16(11-9-14)19(24)25-3/h8-11,13,15H,4-7,12H2,1-3H3,(H,20,22)/t13-/m1/s1. The van der Waals surface area contributed by atoms with Crippen molar-refractivity contribution >= 4 is 17.8 Å². The summed E-state index contributed by atoms with van der Waals surface area (Å²) >= 11 is 0. The first-order valence-electron chi connectivity index (χ1n) is 8.65. The molecule has 2 amide bonds. The van der Waals surface area contributed by atoms with Crippen LogP contribution in [0.2, 0.25) is 0 Å². The van der Waals surface area contributed by atoms with Crippen molar-refractivity contribution in [2.45, 2.75) is 45.2 Å². The maximum atomic E-state index is 12.5. The highest BCUT2D eigenvalue weighted by Crippen LogP contribution is 2.24. The zero-order chi connectivity index (χ0) is 18.4. The third kappa shape index (κ3) is 5.05. The number of carbonyl (C=O) groups excluding carboxylic acids is 3. The van der Waals surface area contributed by atoms with Crippen molar-refractivity contribution in [1.82, 2.24) is 10.2 Å². The minimum Gasteiger partial charge on any atom is -0.465 e. The summed E-state index contributed by atoms with van der Waals surface area (Å²) in [7, 11) is 3.04. The molecule has 0 heterocycles. The predicted octanol–water partition coefficient (Wildman–Crippen LogP) is 2.13. The van der Waals surface area contributed by atoms with Gasteiger partial charge in [-0.3, -0.25) is 9.59 Å². The van der Waals surface area contributed by atoms with Crippen LogP contribution in [0, 0.1) is 5.92 Å². The highest BCUT2D eigenvalue weighted by Gasteiger charge is 2.26. The topological polar surface area (TPSA) is 75.7 Å². The van der Waals surface area contributed by atoms with Gasteiger partial charge in [0.05, 0.1) is 12.7 Å². The monoisotopic (exact) mass is 346 g/mol. The van der Waals surface area contributed by atoms with Gasteiger partial charge in [0.15, 0.2) is 0 Å². The minimum absolute atomic E-state index is 0.0193. The van der Waals surface area contributed by atoms with Gasteiger partial charge in [-0.05, 0) is 37.5 Å². The Labute approximate surface area is 148 Å². The highest BCUT2D eigenvalue weighted by atomic mass is 16.5. The highest BCUT2D eigenvalue weighted by molar-refractivity contribution is 5.89. The van der Waals surface area contributed by atoms with Gasteiger partial charge in [0.2, 0.25) is 11.8 Å². The van der Waals surface area contributed by atoms with Crippen molar-refractivity contribution in [2.75, 3.05) is 14.2 Å². The fourth-order valence-corrected chi connectivity index (χ4v) is 3.13. The summed E-state index contributed by atoms with van der Waals surface area (Å²) in [5.74, 6) is -0.497. The Kier molecular flexibility index (Phi) is 6.56. The molecule has 0 aliphatic heterocycles. The second-order valence-corrected chi connectivity index (χ2v) is 6.59. The van der Waals surface area contributed by atoms with Gasteiger partial charge in [0.25, 0.3) is 0 Å².